The van der Waals surface area contributed by atoms with E-state index in [9.17, 15) is 0 Å². The monoisotopic (exact) mass is 423 g/mol. The summed E-state index contributed by atoms with van der Waals surface area (Å²) in [4.78, 5) is 4.62. The summed E-state index contributed by atoms with van der Waals surface area (Å²) in [7, 11) is 0. The standard InChI is InChI=1S/C17H18ClN5O2S2/c18-12-3-5-14(6-4-12)25-9-16-19-13(10-26-16)11-27-17-20-21-22-23(17)8-15-2-1-7-24-15/h3-6,10,15H,1-2,7-9,11H2. The first kappa shape index (κ1) is 18.7. The lowest BCUT2D eigenvalue weighted by atomic mass is 10.2. The van der Waals surface area contributed by atoms with Gasteiger partial charge in [-0.2, -0.15) is 0 Å². The lowest BCUT2D eigenvalue weighted by Gasteiger charge is -2.09. The van der Waals surface area contributed by atoms with Crippen LogP contribution in [0.4, 0.5) is 0 Å². The smallest absolute Gasteiger partial charge is 0.209 e. The van der Waals surface area contributed by atoms with Gasteiger partial charge in [0, 0.05) is 22.8 Å². The lowest BCUT2D eigenvalue weighted by molar-refractivity contribution is 0.0912. The molecule has 1 fully saturated rings. The fourth-order valence-electron chi connectivity index (χ4n) is 2.69. The molecule has 0 amide bonds. The summed E-state index contributed by atoms with van der Waals surface area (Å²) in [5, 5.41) is 16.4. The van der Waals surface area contributed by atoms with Crippen molar-refractivity contribution in [1.29, 1.82) is 0 Å². The second-order valence-electron chi connectivity index (χ2n) is 6.04. The molecule has 0 N–H and O–H groups in total. The molecule has 0 bridgehead atoms. The molecule has 0 spiro atoms. The van der Waals surface area contributed by atoms with Crippen molar-refractivity contribution >= 4 is 34.7 Å². The van der Waals surface area contributed by atoms with Crippen molar-refractivity contribution in [3.8, 4) is 5.75 Å². The molecule has 1 aliphatic heterocycles. The first-order valence-electron chi connectivity index (χ1n) is 8.58. The minimum atomic E-state index is 0.212. The van der Waals surface area contributed by atoms with Gasteiger partial charge in [-0.3, -0.25) is 0 Å². The summed E-state index contributed by atoms with van der Waals surface area (Å²) < 4.78 is 13.2. The number of aromatic nitrogens is 5. The number of nitrogens with zero attached hydrogens (tertiary/aromatic N) is 5. The average Bonchev–Trinajstić information content (AvgIpc) is 3.42. The number of hydrogen-bond acceptors (Lipinski definition) is 8. The van der Waals surface area contributed by atoms with E-state index in [0.717, 1.165) is 41.1 Å². The highest BCUT2D eigenvalue weighted by Gasteiger charge is 2.19. The summed E-state index contributed by atoms with van der Waals surface area (Å²) in [6.07, 6.45) is 2.38. The normalized spacial score (nSPS) is 16.7. The molecule has 0 radical (unpaired) electrons. The van der Waals surface area contributed by atoms with Gasteiger partial charge in [0.05, 0.1) is 18.3 Å². The number of hydrogen-bond donors (Lipinski definition) is 0. The predicted molar refractivity (Wildman–Crippen MR) is 104 cm³/mol. The van der Waals surface area contributed by atoms with Crippen LogP contribution in [0.15, 0.2) is 34.8 Å². The van der Waals surface area contributed by atoms with E-state index < -0.39 is 0 Å². The highest BCUT2D eigenvalue weighted by Crippen LogP contribution is 2.24. The van der Waals surface area contributed by atoms with E-state index in [4.69, 9.17) is 21.1 Å². The topological polar surface area (TPSA) is 75.0 Å². The molecule has 2 aromatic heterocycles. The Bertz CT molecular complexity index is 864. The van der Waals surface area contributed by atoms with Crippen molar-refractivity contribution in [3.63, 3.8) is 0 Å². The fourth-order valence-corrected chi connectivity index (χ4v) is 4.41. The summed E-state index contributed by atoms with van der Waals surface area (Å²) in [5.41, 5.74) is 0.992. The van der Waals surface area contributed by atoms with E-state index in [1.54, 1.807) is 23.1 Å². The second-order valence-corrected chi connectivity index (χ2v) is 8.36. The van der Waals surface area contributed by atoms with E-state index in [-0.39, 0.29) is 6.10 Å². The van der Waals surface area contributed by atoms with Crippen molar-refractivity contribution < 1.29 is 9.47 Å². The number of ether oxygens (including phenoxy) is 2. The van der Waals surface area contributed by atoms with Gasteiger partial charge in [0.1, 0.15) is 17.4 Å². The van der Waals surface area contributed by atoms with Crippen LogP contribution in [0.3, 0.4) is 0 Å². The van der Waals surface area contributed by atoms with E-state index in [1.807, 2.05) is 34.3 Å². The molecule has 0 aliphatic carbocycles. The Morgan fingerprint density at radius 2 is 2.22 bits per heavy atom. The molecular formula is C17H18ClN5O2S2. The summed E-state index contributed by atoms with van der Waals surface area (Å²) in [5.74, 6) is 1.49. The van der Waals surface area contributed by atoms with Crippen LogP contribution >= 0.6 is 34.7 Å². The van der Waals surface area contributed by atoms with Crippen LogP contribution in [0.2, 0.25) is 5.02 Å². The van der Waals surface area contributed by atoms with Crippen LogP contribution < -0.4 is 4.74 Å². The molecule has 1 aromatic carbocycles. The minimum absolute atomic E-state index is 0.212. The Labute approximate surface area is 170 Å². The number of benzene rings is 1. The van der Waals surface area contributed by atoms with Gasteiger partial charge in [-0.1, -0.05) is 23.4 Å². The second kappa shape index (κ2) is 9.01. The van der Waals surface area contributed by atoms with Gasteiger partial charge in [-0.25, -0.2) is 9.67 Å². The van der Waals surface area contributed by atoms with Crippen LogP contribution in [0, 0.1) is 0 Å². The fraction of sp³-hybridized carbons (Fsp3) is 0.412. The number of halogens is 1. The van der Waals surface area contributed by atoms with Gasteiger partial charge in [0.25, 0.3) is 0 Å². The molecule has 3 aromatic rings. The SMILES string of the molecule is Clc1ccc(OCc2nc(CSc3nnnn3CC3CCCO3)cs2)cc1. The quantitative estimate of drug-likeness (QED) is 0.509. The summed E-state index contributed by atoms with van der Waals surface area (Å²) >= 11 is 9.04. The van der Waals surface area contributed by atoms with Crippen LogP contribution in [-0.4, -0.2) is 37.9 Å². The zero-order valence-electron chi connectivity index (χ0n) is 14.5. The Morgan fingerprint density at radius 1 is 1.33 bits per heavy atom. The molecule has 7 nitrogen and oxygen atoms in total. The molecule has 10 heteroatoms. The van der Waals surface area contributed by atoms with E-state index in [2.05, 4.69) is 20.5 Å². The zero-order valence-corrected chi connectivity index (χ0v) is 16.8. The van der Waals surface area contributed by atoms with E-state index in [1.165, 1.54) is 0 Å². The van der Waals surface area contributed by atoms with Crippen LogP contribution in [0.25, 0.3) is 0 Å². The van der Waals surface area contributed by atoms with E-state index in [0.29, 0.717) is 23.9 Å². The maximum atomic E-state index is 5.88. The predicted octanol–water partition coefficient (Wildman–Crippen LogP) is 3.83. The van der Waals surface area contributed by atoms with Gasteiger partial charge in [-0.05, 0) is 47.5 Å². The Hall–Kier alpha value is -1.68. The molecular weight excluding hydrogens is 406 g/mol. The van der Waals surface area contributed by atoms with E-state index >= 15 is 0 Å². The van der Waals surface area contributed by atoms with Crippen molar-refractivity contribution in [2.75, 3.05) is 6.61 Å². The van der Waals surface area contributed by atoms with Crippen LogP contribution in [0.1, 0.15) is 23.5 Å². The first-order valence-corrected chi connectivity index (χ1v) is 10.8. The zero-order chi connectivity index (χ0) is 18.5. The van der Waals surface area contributed by atoms with Gasteiger partial charge >= 0.3 is 0 Å². The number of thioether (sulfide) groups is 1. The van der Waals surface area contributed by atoms with Gasteiger partial charge in [0.15, 0.2) is 0 Å². The summed E-state index contributed by atoms with van der Waals surface area (Å²) in [6, 6.07) is 7.31. The molecule has 1 atom stereocenters. The molecule has 1 aliphatic rings. The van der Waals surface area contributed by atoms with Crippen molar-refractivity contribution in [3.05, 3.63) is 45.4 Å². The molecule has 142 valence electrons. The molecule has 27 heavy (non-hydrogen) atoms. The average molecular weight is 424 g/mol. The first-order chi connectivity index (χ1) is 13.3. The van der Waals surface area contributed by atoms with Crippen molar-refractivity contribution in [2.24, 2.45) is 0 Å². The van der Waals surface area contributed by atoms with Crippen LogP contribution in [-0.2, 0) is 23.6 Å². The van der Waals surface area contributed by atoms with Gasteiger partial charge in [-0.15, -0.1) is 16.4 Å². The molecule has 1 unspecified atom stereocenters. The Kier molecular flexibility index (Phi) is 6.23. The number of tetrazole rings is 1. The highest BCUT2D eigenvalue weighted by molar-refractivity contribution is 7.98. The summed E-state index contributed by atoms with van der Waals surface area (Å²) in [6.45, 7) is 1.97. The highest BCUT2D eigenvalue weighted by atomic mass is 35.5. The van der Waals surface area contributed by atoms with Gasteiger partial charge < -0.3 is 9.47 Å². The maximum absolute atomic E-state index is 5.88. The largest absolute Gasteiger partial charge is 0.486 e. The molecule has 3 heterocycles. The maximum Gasteiger partial charge on any atom is 0.209 e. The third-order valence-corrected chi connectivity index (χ3v) is 6.14. The minimum Gasteiger partial charge on any atom is -0.486 e. The molecule has 4 rings (SSSR count). The number of rotatable bonds is 8. The lowest BCUT2D eigenvalue weighted by Crippen LogP contribution is -2.16. The third kappa shape index (κ3) is 5.19. The van der Waals surface area contributed by atoms with Crippen molar-refractivity contribution in [1.82, 2.24) is 25.2 Å². The molecule has 0 saturated carbocycles. The molecule has 1 saturated heterocycles. The number of thiazole rings is 1. The van der Waals surface area contributed by atoms with Gasteiger partial charge in [0.2, 0.25) is 5.16 Å². The Morgan fingerprint density at radius 3 is 3.04 bits per heavy atom. The van der Waals surface area contributed by atoms with Crippen molar-refractivity contribution in [2.45, 2.75) is 43.0 Å². The Balaban J connectivity index is 1.28. The van der Waals surface area contributed by atoms with Crippen LogP contribution in [0.5, 0.6) is 5.75 Å². The third-order valence-electron chi connectivity index (χ3n) is 4.02.